The van der Waals surface area contributed by atoms with E-state index in [2.05, 4.69) is 38.5 Å². The monoisotopic (exact) mass is 347 g/mol. The van der Waals surface area contributed by atoms with E-state index in [0.29, 0.717) is 6.42 Å². The summed E-state index contributed by atoms with van der Waals surface area (Å²) >= 11 is 3.49. The number of fused-ring (bicyclic) bond motifs is 1. The van der Waals surface area contributed by atoms with E-state index in [4.69, 9.17) is 0 Å². The summed E-state index contributed by atoms with van der Waals surface area (Å²) in [4.78, 5) is 12.1. The largest absolute Gasteiger partial charge is 0.349 e. The van der Waals surface area contributed by atoms with Crippen molar-refractivity contribution in [1.29, 1.82) is 0 Å². The van der Waals surface area contributed by atoms with Crippen molar-refractivity contribution in [3.8, 4) is 0 Å². The summed E-state index contributed by atoms with van der Waals surface area (Å²) in [6.07, 6.45) is 7.07. The Morgan fingerprint density at radius 2 is 2.38 bits per heavy atom. The molecule has 0 saturated heterocycles. The van der Waals surface area contributed by atoms with Crippen molar-refractivity contribution < 1.29 is 4.79 Å². The van der Waals surface area contributed by atoms with E-state index >= 15 is 0 Å². The lowest BCUT2D eigenvalue weighted by Gasteiger charge is -2.14. The molecule has 4 nitrogen and oxygen atoms in total. The second-order valence-corrected chi connectivity index (χ2v) is 6.29. The Hall–Kier alpha value is -1.62. The van der Waals surface area contributed by atoms with Crippen LogP contribution in [0, 0.1) is 0 Å². The number of halogens is 1. The Bertz CT molecular complexity index is 624. The van der Waals surface area contributed by atoms with Crippen LogP contribution < -0.4 is 5.32 Å². The van der Waals surface area contributed by atoms with E-state index in [0.717, 1.165) is 30.3 Å². The van der Waals surface area contributed by atoms with Gasteiger partial charge in [-0.25, -0.2) is 0 Å². The fraction of sp³-hybridized carbons (Fsp3) is 0.375. The normalized spacial score (nSPS) is 16.7. The molecule has 0 aliphatic heterocycles. The molecule has 1 aliphatic rings. The number of amides is 1. The first kappa shape index (κ1) is 14.3. The molecule has 110 valence electrons. The number of hydrogen-bond acceptors (Lipinski definition) is 2. The van der Waals surface area contributed by atoms with Gasteiger partial charge >= 0.3 is 0 Å². The molecule has 0 fully saturated rings. The smallest absolute Gasteiger partial charge is 0.220 e. The molecule has 0 spiro atoms. The Labute approximate surface area is 132 Å². The molecule has 1 N–H and O–H groups in total. The van der Waals surface area contributed by atoms with Gasteiger partial charge in [-0.2, -0.15) is 5.10 Å². The summed E-state index contributed by atoms with van der Waals surface area (Å²) in [5, 5.41) is 7.29. The number of aromatic nitrogens is 2. The van der Waals surface area contributed by atoms with Gasteiger partial charge in [0.25, 0.3) is 0 Å². The first-order chi connectivity index (χ1) is 10.2. The molecule has 1 aromatic heterocycles. The predicted octanol–water partition coefficient (Wildman–Crippen LogP) is 3.23. The van der Waals surface area contributed by atoms with Gasteiger partial charge in [0.1, 0.15) is 0 Å². The summed E-state index contributed by atoms with van der Waals surface area (Å²) in [6.45, 7) is 0.786. The number of aryl methyl sites for hydroxylation is 2. The van der Waals surface area contributed by atoms with Crippen LogP contribution in [0.3, 0.4) is 0 Å². The van der Waals surface area contributed by atoms with Crippen LogP contribution in [0.15, 0.2) is 41.1 Å². The molecule has 21 heavy (non-hydrogen) atoms. The highest BCUT2D eigenvalue weighted by molar-refractivity contribution is 9.10. The van der Waals surface area contributed by atoms with Gasteiger partial charge < -0.3 is 5.32 Å². The van der Waals surface area contributed by atoms with Crippen molar-refractivity contribution in [2.24, 2.45) is 0 Å². The van der Waals surface area contributed by atoms with E-state index in [-0.39, 0.29) is 11.9 Å². The third-order valence-electron chi connectivity index (χ3n) is 3.87. The molecule has 1 amide bonds. The fourth-order valence-corrected chi connectivity index (χ4v) is 3.25. The zero-order valence-corrected chi connectivity index (χ0v) is 13.3. The van der Waals surface area contributed by atoms with Gasteiger partial charge in [0.2, 0.25) is 5.91 Å². The average Bonchev–Trinajstić information content (AvgIpc) is 3.09. The van der Waals surface area contributed by atoms with Crippen LogP contribution >= 0.6 is 15.9 Å². The Balaban J connectivity index is 1.50. The second-order valence-electron chi connectivity index (χ2n) is 5.37. The molecular formula is C16H18BrN3O. The summed E-state index contributed by atoms with van der Waals surface area (Å²) in [6, 6.07) is 8.37. The molecule has 5 heteroatoms. The minimum absolute atomic E-state index is 0.128. The van der Waals surface area contributed by atoms with Gasteiger partial charge in [-0.15, -0.1) is 0 Å². The summed E-state index contributed by atoms with van der Waals surface area (Å²) in [7, 11) is 0. The molecule has 1 atom stereocenters. The predicted molar refractivity (Wildman–Crippen MR) is 84.8 cm³/mol. The number of benzene rings is 1. The summed E-state index contributed by atoms with van der Waals surface area (Å²) in [5.41, 5.74) is 2.60. The first-order valence-corrected chi connectivity index (χ1v) is 8.07. The molecule has 1 aromatic carbocycles. The topological polar surface area (TPSA) is 46.9 Å². The molecule has 3 rings (SSSR count). The maximum Gasteiger partial charge on any atom is 0.220 e. The molecule has 0 saturated carbocycles. The van der Waals surface area contributed by atoms with Crippen LogP contribution in [0.5, 0.6) is 0 Å². The zero-order valence-electron chi connectivity index (χ0n) is 11.8. The Kier molecular flexibility index (Phi) is 4.39. The van der Waals surface area contributed by atoms with Crippen LogP contribution in [-0.2, 0) is 17.8 Å². The van der Waals surface area contributed by atoms with Gasteiger partial charge in [-0.05, 0) is 48.6 Å². The van der Waals surface area contributed by atoms with Crippen molar-refractivity contribution in [2.45, 2.75) is 38.3 Å². The van der Waals surface area contributed by atoms with Crippen molar-refractivity contribution in [2.75, 3.05) is 0 Å². The molecular weight excluding hydrogens is 330 g/mol. The van der Waals surface area contributed by atoms with Crippen LogP contribution in [-0.4, -0.2) is 15.7 Å². The van der Waals surface area contributed by atoms with Crippen LogP contribution in [0.4, 0.5) is 0 Å². The van der Waals surface area contributed by atoms with E-state index < -0.39 is 0 Å². The first-order valence-electron chi connectivity index (χ1n) is 7.27. The highest BCUT2D eigenvalue weighted by Crippen LogP contribution is 2.32. The van der Waals surface area contributed by atoms with Crippen molar-refractivity contribution in [3.05, 3.63) is 52.3 Å². The van der Waals surface area contributed by atoms with E-state index in [9.17, 15) is 4.79 Å². The number of carbonyl (C=O) groups is 1. The molecule has 1 aliphatic carbocycles. The highest BCUT2D eigenvalue weighted by atomic mass is 79.9. The molecule has 0 unspecified atom stereocenters. The van der Waals surface area contributed by atoms with Crippen molar-refractivity contribution in [1.82, 2.24) is 15.1 Å². The van der Waals surface area contributed by atoms with Crippen LogP contribution in [0.2, 0.25) is 0 Å². The standard InChI is InChI=1S/C16H18BrN3O/c17-13-5-6-14-12(11-13)4-7-15(14)19-16(21)3-1-9-20-10-2-8-18-20/h2,5-6,8,10-11,15H,1,3-4,7,9H2,(H,19,21)/t15-/m1/s1. The van der Waals surface area contributed by atoms with Gasteiger partial charge in [-0.3, -0.25) is 9.48 Å². The zero-order chi connectivity index (χ0) is 14.7. The minimum Gasteiger partial charge on any atom is -0.349 e. The highest BCUT2D eigenvalue weighted by Gasteiger charge is 2.23. The van der Waals surface area contributed by atoms with E-state index in [1.54, 1.807) is 6.20 Å². The lowest BCUT2D eigenvalue weighted by atomic mass is 10.1. The van der Waals surface area contributed by atoms with E-state index in [1.165, 1.54) is 11.1 Å². The fourth-order valence-electron chi connectivity index (χ4n) is 2.84. The van der Waals surface area contributed by atoms with Gasteiger partial charge in [0.15, 0.2) is 0 Å². The molecule has 2 aromatic rings. The second kappa shape index (κ2) is 6.43. The number of rotatable bonds is 5. The van der Waals surface area contributed by atoms with E-state index in [1.807, 2.05) is 23.0 Å². The SMILES string of the molecule is O=C(CCCn1cccn1)N[C@@H]1CCc2cc(Br)ccc21. The lowest BCUT2D eigenvalue weighted by molar-refractivity contribution is -0.122. The third kappa shape index (κ3) is 3.53. The Morgan fingerprint density at radius 1 is 1.48 bits per heavy atom. The van der Waals surface area contributed by atoms with Gasteiger partial charge in [-0.1, -0.05) is 22.0 Å². The van der Waals surface area contributed by atoms with Crippen LogP contribution in [0.1, 0.15) is 36.4 Å². The Morgan fingerprint density at radius 3 is 3.19 bits per heavy atom. The van der Waals surface area contributed by atoms with Crippen LogP contribution in [0.25, 0.3) is 0 Å². The number of nitrogens with one attached hydrogen (secondary N) is 1. The summed E-state index contributed by atoms with van der Waals surface area (Å²) in [5.74, 6) is 0.128. The minimum atomic E-state index is 0.128. The molecule has 0 bridgehead atoms. The van der Waals surface area contributed by atoms with Crippen molar-refractivity contribution >= 4 is 21.8 Å². The molecule has 0 radical (unpaired) electrons. The maximum atomic E-state index is 12.1. The van der Waals surface area contributed by atoms with Gasteiger partial charge in [0.05, 0.1) is 6.04 Å². The maximum absolute atomic E-state index is 12.1. The third-order valence-corrected chi connectivity index (χ3v) is 4.36. The quantitative estimate of drug-likeness (QED) is 0.902. The molecule has 1 heterocycles. The summed E-state index contributed by atoms with van der Waals surface area (Å²) < 4.78 is 2.96. The lowest BCUT2D eigenvalue weighted by Crippen LogP contribution is -2.27. The van der Waals surface area contributed by atoms with Crippen molar-refractivity contribution in [3.63, 3.8) is 0 Å². The number of hydrogen-bond donors (Lipinski definition) is 1. The average molecular weight is 348 g/mol. The van der Waals surface area contributed by atoms with Gasteiger partial charge in [0, 0.05) is 29.8 Å². The number of nitrogens with zero attached hydrogens (tertiary/aromatic N) is 2. The number of carbonyl (C=O) groups excluding carboxylic acids is 1.